The highest BCUT2D eigenvalue weighted by atomic mass is 32.1. The molecule has 0 bridgehead atoms. The number of imidazole rings is 1. The van der Waals surface area contributed by atoms with Crippen LogP contribution in [-0.2, 0) is 17.8 Å². The number of rotatable bonds is 2. The zero-order valence-electron chi connectivity index (χ0n) is 12.5. The molecular weight excluding hydrogens is 296 g/mol. The van der Waals surface area contributed by atoms with Crippen molar-refractivity contribution >= 4 is 28.4 Å². The highest BCUT2D eigenvalue weighted by molar-refractivity contribution is 7.80. The first kappa shape index (κ1) is 14.0. The molecule has 0 radical (unpaired) electrons. The summed E-state index contributed by atoms with van der Waals surface area (Å²) in [7, 11) is 0. The Balaban J connectivity index is 1.43. The smallest absolute Gasteiger partial charge is 0.169 e. The molecular formula is C16H20N4OS. The summed E-state index contributed by atoms with van der Waals surface area (Å²) in [6.45, 7) is 4.31. The summed E-state index contributed by atoms with van der Waals surface area (Å²) in [4.78, 5) is 6.93. The lowest BCUT2D eigenvalue weighted by molar-refractivity contribution is 0.113. The number of aromatic nitrogens is 2. The van der Waals surface area contributed by atoms with Crippen LogP contribution in [0.5, 0.6) is 0 Å². The van der Waals surface area contributed by atoms with Crippen LogP contribution in [0.3, 0.4) is 0 Å². The minimum atomic E-state index is 0.312. The minimum absolute atomic E-state index is 0.312. The maximum Gasteiger partial charge on any atom is 0.169 e. The van der Waals surface area contributed by atoms with Crippen molar-refractivity contribution in [3.63, 3.8) is 0 Å². The third kappa shape index (κ3) is 2.57. The Kier molecular flexibility index (Phi) is 3.72. The molecule has 0 aliphatic carbocycles. The van der Waals surface area contributed by atoms with Crippen LogP contribution in [0.2, 0.25) is 0 Å². The second-order valence-electron chi connectivity index (χ2n) is 5.91. The van der Waals surface area contributed by atoms with Crippen LogP contribution >= 0.6 is 12.2 Å². The van der Waals surface area contributed by atoms with Gasteiger partial charge in [-0.25, -0.2) is 4.98 Å². The molecule has 1 atom stereocenters. The summed E-state index contributed by atoms with van der Waals surface area (Å²) in [5, 5.41) is 4.17. The van der Waals surface area contributed by atoms with Crippen molar-refractivity contribution in [1.29, 1.82) is 0 Å². The van der Waals surface area contributed by atoms with Crippen LogP contribution in [0, 0.1) is 0 Å². The Labute approximate surface area is 135 Å². The fourth-order valence-electron chi connectivity index (χ4n) is 3.26. The Morgan fingerprint density at radius 2 is 2.27 bits per heavy atom. The molecule has 2 aliphatic rings. The zero-order chi connectivity index (χ0) is 14.9. The molecule has 0 saturated carbocycles. The van der Waals surface area contributed by atoms with Gasteiger partial charge >= 0.3 is 0 Å². The predicted octanol–water partition coefficient (Wildman–Crippen LogP) is 1.91. The molecule has 116 valence electrons. The molecule has 5 nitrogen and oxygen atoms in total. The van der Waals surface area contributed by atoms with E-state index in [0.717, 1.165) is 62.1 Å². The lowest BCUT2D eigenvalue weighted by atomic mass is 10.2. The molecule has 6 heteroatoms. The minimum Gasteiger partial charge on any atom is -0.376 e. The molecule has 3 heterocycles. The second-order valence-corrected chi connectivity index (χ2v) is 6.30. The first-order valence-electron chi connectivity index (χ1n) is 7.90. The molecule has 4 rings (SSSR count). The molecule has 22 heavy (non-hydrogen) atoms. The van der Waals surface area contributed by atoms with E-state index in [1.54, 1.807) is 0 Å². The lowest BCUT2D eigenvalue weighted by Gasteiger charge is -2.30. The van der Waals surface area contributed by atoms with E-state index in [0.29, 0.717) is 6.10 Å². The number of hydrogen-bond acceptors (Lipinski definition) is 3. The van der Waals surface area contributed by atoms with Crippen molar-refractivity contribution < 1.29 is 4.74 Å². The Bertz CT molecular complexity index is 693. The summed E-state index contributed by atoms with van der Waals surface area (Å²) >= 11 is 5.54. The number of ether oxygens (including phenoxy) is 1. The van der Waals surface area contributed by atoms with E-state index in [1.807, 2.05) is 6.07 Å². The molecule has 1 saturated heterocycles. The van der Waals surface area contributed by atoms with Crippen LogP contribution in [0.15, 0.2) is 24.3 Å². The van der Waals surface area contributed by atoms with Gasteiger partial charge in [-0.3, -0.25) is 0 Å². The molecule has 1 aromatic heterocycles. The van der Waals surface area contributed by atoms with Crippen molar-refractivity contribution in [2.45, 2.75) is 32.0 Å². The SMILES string of the molecule is S=C(NCC1CCCO1)N1CCn2c(nc3ccccc32)C1. The molecule has 2 aliphatic heterocycles. The highest BCUT2D eigenvalue weighted by Crippen LogP contribution is 2.20. The quantitative estimate of drug-likeness (QED) is 0.857. The fourth-order valence-corrected chi connectivity index (χ4v) is 3.50. The average molecular weight is 316 g/mol. The van der Waals surface area contributed by atoms with Crippen LogP contribution in [0.4, 0.5) is 0 Å². The zero-order valence-corrected chi connectivity index (χ0v) is 13.3. The molecule has 0 amide bonds. The maximum atomic E-state index is 5.63. The van der Waals surface area contributed by atoms with Crippen molar-refractivity contribution in [2.75, 3.05) is 19.7 Å². The van der Waals surface area contributed by atoms with Crippen molar-refractivity contribution in [2.24, 2.45) is 0 Å². The summed E-state index contributed by atoms with van der Waals surface area (Å²) in [6, 6.07) is 8.30. The Hall–Kier alpha value is -1.66. The topological polar surface area (TPSA) is 42.3 Å². The van der Waals surface area contributed by atoms with E-state index in [2.05, 4.69) is 33.0 Å². The maximum absolute atomic E-state index is 5.63. The summed E-state index contributed by atoms with van der Waals surface area (Å²) in [5.74, 6) is 1.09. The van der Waals surface area contributed by atoms with Gasteiger partial charge < -0.3 is 19.5 Å². The van der Waals surface area contributed by atoms with Crippen LogP contribution in [0.25, 0.3) is 11.0 Å². The summed E-state index contributed by atoms with van der Waals surface area (Å²) < 4.78 is 7.93. The van der Waals surface area contributed by atoms with Crippen molar-refractivity contribution in [3.8, 4) is 0 Å². The molecule has 0 spiro atoms. The van der Waals surface area contributed by atoms with E-state index in [1.165, 1.54) is 5.52 Å². The molecule has 1 N–H and O–H groups in total. The molecule has 2 aromatic rings. The van der Waals surface area contributed by atoms with E-state index in [4.69, 9.17) is 21.9 Å². The van der Waals surface area contributed by atoms with Gasteiger partial charge in [0, 0.05) is 26.2 Å². The van der Waals surface area contributed by atoms with Gasteiger partial charge in [0.25, 0.3) is 0 Å². The Morgan fingerprint density at radius 1 is 1.36 bits per heavy atom. The predicted molar refractivity (Wildman–Crippen MR) is 89.7 cm³/mol. The standard InChI is InChI=1S/C16H20N4OS/c22-16(17-10-12-4-3-9-21-12)19-7-8-20-14-6-2-1-5-13(14)18-15(20)11-19/h1-2,5-6,12H,3-4,7-11H2,(H,17,22). The number of nitrogens with one attached hydrogen (secondary N) is 1. The number of benzene rings is 1. The van der Waals surface area contributed by atoms with Gasteiger partial charge in [-0.05, 0) is 37.2 Å². The van der Waals surface area contributed by atoms with Crippen LogP contribution in [0.1, 0.15) is 18.7 Å². The van der Waals surface area contributed by atoms with Gasteiger partial charge in [0.2, 0.25) is 0 Å². The van der Waals surface area contributed by atoms with E-state index < -0.39 is 0 Å². The molecule has 1 fully saturated rings. The number of thiocarbonyl (C=S) groups is 1. The Morgan fingerprint density at radius 3 is 3.14 bits per heavy atom. The van der Waals surface area contributed by atoms with E-state index in [9.17, 15) is 0 Å². The van der Waals surface area contributed by atoms with Gasteiger partial charge in [-0.15, -0.1) is 0 Å². The van der Waals surface area contributed by atoms with E-state index >= 15 is 0 Å². The monoisotopic (exact) mass is 316 g/mol. The normalized spacial score (nSPS) is 21.1. The first-order valence-corrected chi connectivity index (χ1v) is 8.30. The first-order chi connectivity index (χ1) is 10.8. The van der Waals surface area contributed by atoms with Gasteiger partial charge in [0.05, 0.1) is 23.7 Å². The number of fused-ring (bicyclic) bond motifs is 3. The molecule has 1 unspecified atom stereocenters. The molecule has 1 aromatic carbocycles. The largest absolute Gasteiger partial charge is 0.376 e. The summed E-state index contributed by atoms with van der Waals surface area (Å²) in [5.41, 5.74) is 2.29. The summed E-state index contributed by atoms with van der Waals surface area (Å²) in [6.07, 6.45) is 2.60. The van der Waals surface area contributed by atoms with Crippen molar-refractivity contribution in [3.05, 3.63) is 30.1 Å². The second kappa shape index (κ2) is 5.85. The number of hydrogen-bond donors (Lipinski definition) is 1. The fraction of sp³-hybridized carbons (Fsp3) is 0.500. The number of para-hydroxylation sites is 2. The highest BCUT2D eigenvalue weighted by Gasteiger charge is 2.22. The third-order valence-corrected chi connectivity index (χ3v) is 4.85. The average Bonchev–Trinajstić information content (AvgIpc) is 3.19. The third-order valence-electron chi connectivity index (χ3n) is 4.45. The lowest BCUT2D eigenvalue weighted by Crippen LogP contribution is -2.45. The van der Waals surface area contributed by atoms with Crippen LogP contribution in [-0.4, -0.2) is 45.4 Å². The van der Waals surface area contributed by atoms with Gasteiger partial charge in [0.15, 0.2) is 5.11 Å². The van der Waals surface area contributed by atoms with Gasteiger partial charge in [-0.1, -0.05) is 12.1 Å². The van der Waals surface area contributed by atoms with E-state index in [-0.39, 0.29) is 0 Å². The van der Waals surface area contributed by atoms with Gasteiger partial charge in [-0.2, -0.15) is 0 Å². The van der Waals surface area contributed by atoms with Gasteiger partial charge in [0.1, 0.15) is 5.82 Å². The number of nitrogens with zero attached hydrogens (tertiary/aromatic N) is 3. The van der Waals surface area contributed by atoms with Crippen molar-refractivity contribution in [1.82, 2.24) is 19.8 Å². The van der Waals surface area contributed by atoms with Crippen LogP contribution < -0.4 is 5.32 Å².